The molecular weight excluding hydrogens is 308 g/mol. The zero-order valence-electron chi connectivity index (χ0n) is 13.6. The van der Waals surface area contributed by atoms with Crippen molar-refractivity contribution >= 4 is 0 Å². The number of hydrogen-bond acceptors (Lipinski definition) is 8. The summed E-state index contributed by atoms with van der Waals surface area (Å²) in [7, 11) is 0. The quantitative estimate of drug-likeness (QED) is 0.514. The number of aliphatic hydroxyl groups excluding tert-OH is 2. The molecule has 4 rings (SSSR count). The van der Waals surface area contributed by atoms with Crippen molar-refractivity contribution in [3.8, 4) is 0 Å². The lowest BCUT2D eigenvalue weighted by Crippen LogP contribution is -2.06. The second-order valence-corrected chi connectivity index (χ2v) is 5.93. The summed E-state index contributed by atoms with van der Waals surface area (Å²) < 4.78 is 30.2. The van der Waals surface area contributed by atoms with Crippen LogP contribution in [-0.4, -0.2) is 100 Å². The minimum absolute atomic E-state index is 0.139. The van der Waals surface area contributed by atoms with Crippen LogP contribution < -0.4 is 0 Å². The van der Waals surface area contributed by atoms with Crippen LogP contribution in [0.2, 0.25) is 0 Å². The molecule has 4 fully saturated rings. The molecule has 4 saturated heterocycles. The van der Waals surface area contributed by atoms with Gasteiger partial charge in [0.25, 0.3) is 0 Å². The van der Waals surface area contributed by atoms with E-state index in [-0.39, 0.29) is 6.61 Å². The zero-order chi connectivity index (χ0) is 16.5. The van der Waals surface area contributed by atoms with Crippen LogP contribution in [0.25, 0.3) is 0 Å². The summed E-state index contributed by atoms with van der Waals surface area (Å²) in [6, 6.07) is 0. The lowest BCUT2D eigenvalue weighted by atomic mass is 10.5. The number of rotatable bonds is 9. The normalized spacial score (nSPS) is 33.5. The molecule has 5 unspecified atom stereocenters. The molecule has 0 radical (unpaired) electrons. The second kappa shape index (κ2) is 10.5. The first-order valence-corrected chi connectivity index (χ1v) is 8.08. The van der Waals surface area contributed by atoms with Gasteiger partial charge in [0, 0.05) is 0 Å². The first-order chi connectivity index (χ1) is 11.2. The van der Waals surface area contributed by atoms with Crippen LogP contribution in [0.1, 0.15) is 6.92 Å². The van der Waals surface area contributed by atoms with Gasteiger partial charge in [0.05, 0.1) is 65.6 Å². The van der Waals surface area contributed by atoms with Crippen LogP contribution >= 0.6 is 0 Å². The van der Waals surface area contributed by atoms with Crippen molar-refractivity contribution in [3.05, 3.63) is 0 Å². The summed E-state index contributed by atoms with van der Waals surface area (Å²) in [4.78, 5) is 0. The summed E-state index contributed by atoms with van der Waals surface area (Å²) in [5, 5.41) is 16.0. The van der Waals surface area contributed by atoms with E-state index in [9.17, 15) is 0 Å². The molecule has 23 heavy (non-hydrogen) atoms. The van der Waals surface area contributed by atoms with Gasteiger partial charge in [-0.3, -0.25) is 0 Å². The molecule has 0 spiro atoms. The van der Waals surface area contributed by atoms with E-state index >= 15 is 0 Å². The minimum Gasteiger partial charge on any atom is -0.394 e. The lowest BCUT2D eigenvalue weighted by Gasteiger charge is -1.95. The van der Waals surface area contributed by atoms with Gasteiger partial charge in [0.1, 0.15) is 24.4 Å². The van der Waals surface area contributed by atoms with E-state index in [0.29, 0.717) is 24.4 Å². The average Bonchev–Trinajstić information content (AvgIpc) is 3.38. The maximum absolute atomic E-state index is 8.11. The highest BCUT2D eigenvalue weighted by Gasteiger charge is 2.27. The second-order valence-electron chi connectivity index (χ2n) is 5.93. The van der Waals surface area contributed by atoms with Crippen LogP contribution in [-0.2, 0) is 28.4 Å². The monoisotopic (exact) mass is 336 g/mol. The Balaban J connectivity index is 0.000000132. The van der Waals surface area contributed by atoms with E-state index < -0.39 is 6.10 Å². The third-order valence-corrected chi connectivity index (χ3v) is 3.09. The Morgan fingerprint density at radius 2 is 1.00 bits per heavy atom. The van der Waals surface area contributed by atoms with Gasteiger partial charge in [0.2, 0.25) is 0 Å². The molecular formula is C15H28O8. The van der Waals surface area contributed by atoms with E-state index in [1.807, 2.05) is 0 Å². The maximum Gasteiger partial charge on any atom is 0.104 e. The van der Waals surface area contributed by atoms with E-state index in [1.165, 1.54) is 6.92 Å². The van der Waals surface area contributed by atoms with Crippen molar-refractivity contribution in [2.24, 2.45) is 0 Å². The van der Waals surface area contributed by atoms with Gasteiger partial charge in [-0.25, -0.2) is 0 Å². The van der Waals surface area contributed by atoms with Crippen molar-refractivity contribution in [1.82, 2.24) is 0 Å². The Bertz CT molecular complexity index is 248. The molecule has 0 aromatic carbocycles. The van der Waals surface area contributed by atoms with Gasteiger partial charge < -0.3 is 38.6 Å². The number of epoxide rings is 4. The van der Waals surface area contributed by atoms with Gasteiger partial charge in [-0.2, -0.15) is 0 Å². The molecule has 0 saturated carbocycles. The highest BCUT2D eigenvalue weighted by atomic mass is 16.6. The number of hydrogen-bond donors (Lipinski definition) is 2. The molecule has 4 heterocycles. The molecule has 4 aliphatic heterocycles. The molecule has 0 bridgehead atoms. The van der Waals surface area contributed by atoms with Crippen LogP contribution in [0.4, 0.5) is 0 Å². The van der Waals surface area contributed by atoms with Gasteiger partial charge in [-0.1, -0.05) is 0 Å². The molecule has 2 N–H and O–H groups in total. The van der Waals surface area contributed by atoms with Crippen molar-refractivity contribution in [3.63, 3.8) is 0 Å². The van der Waals surface area contributed by atoms with Crippen LogP contribution in [0.5, 0.6) is 0 Å². The predicted octanol–water partition coefficient (Wildman–Crippen LogP) is -1.04. The van der Waals surface area contributed by atoms with E-state index in [4.69, 9.17) is 38.6 Å². The topological polar surface area (TPSA) is 109 Å². The van der Waals surface area contributed by atoms with Crippen LogP contribution in [0.3, 0.4) is 0 Å². The van der Waals surface area contributed by atoms with Crippen LogP contribution in [0, 0.1) is 0 Å². The van der Waals surface area contributed by atoms with Crippen molar-refractivity contribution in [2.75, 3.05) is 59.5 Å². The Labute approximate surface area is 136 Å². The fraction of sp³-hybridized carbons (Fsp3) is 1.00. The Morgan fingerprint density at radius 1 is 0.783 bits per heavy atom. The van der Waals surface area contributed by atoms with Gasteiger partial charge in [-0.15, -0.1) is 0 Å². The predicted molar refractivity (Wildman–Crippen MR) is 79.4 cm³/mol. The van der Waals surface area contributed by atoms with E-state index in [1.54, 1.807) is 0 Å². The third-order valence-electron chi connectivity index (χ3n) is 3.09. The van der Waals surface area contributed by atoms with Crippen molar-refractivity contribution in [2.45, 2.75) is 37.4 Å². The highest BCUT2D eigenvalue weighted by Crippen LogP contribution is 2.13. The largest absolute Gasteiger partial charge is 0.394 e. The van der Waals surface area contributed by atoms with E-state index in [0.717, 1.165) is 52.9 Å². The molecule has 5 atom stereocenters. The van der Waals surface area contributed by atoms with Gasteiger partial charge >= 0.3 is 0 Å². The fourth-order valence-corrected chi connectivity index (χ4v) is 1.32. The molecule has 0 amide bonds. The Kier molecular flexibility index (Phi) is 8.70. The lowest BCUT2D eigenvalue weighted by molar-refractivity contribution is 0.102. The first-order valence-electron chi connectivity index (χ1n) is 8.08. The molecule has 136 valence electrons. The Hall–Kier alpha value is -0.320. The summed E-state index contributed by atoms with van der Waals surface area (Å²) in [6.45, 7) is 7.91. The van der Waals surface area contributed by atoms with Crippen LogP contribution in [0.15, 0.2) is 0 Å². The van der Waals surface area contributed by atoms with E-state index in [2.05, 4.69) is 0 Å². The molecule has 0 aromatic rings. The van der Waals surface area contributed by atoms with Crippen molar-refractivity contribution in [1.29, 1.82) is 0 Å². The first kappa shape index (κ1) is 19.0. The SMILES string of the molecule is C(OCC1CO1)C1CO1.C(OCC1CO1)C1CO1.CC(O)CO. The number of ether oxygens (including phenoxy) is 6. The average molecular weight is 336 g/mol. The summed E-state index contributed by atoms with van der Waals surface area (Å²) >= 11 is 0. The minimum atomic E-state index is -0.560. The summed E-state index contributed by atoms with van der Waals surface area (Å²) in [5.41, 5.74) is 0. The highest BCUT2D eigenvalue weighted by molar-refractivity contribution is 4.71. The number of aliphatic hydroxyl groups is 2. The third kappa shape index (κ3) is 12.7. The molecule has 0 aliphatic carbocycles. The van der Waals surface area contributed by atoms with Gasteiger partial charge in [-0.05, 0) is 6.92 Å². The summed E-state index contributed by atoms with van der Waals surface area (Å²) in [5.74, 6) is 0. The molecule has 8 heteroatoms. The fourth-order valence-electron chi connectivity index (χ4n) is 1.32. The summed E-state index contributed by atoms with van der Waals surface area (Å²) in [6.07, 6.45) is 1.01. The van der Waals surface area contributed by atoms with Crippen molar-refractivity contribution < 1.29 is 38.6 Å². The smallest absolute Gasteiger partial charge is 0.104 e. The maximum atomic E-state index is 8.11. The zero-order valence-corrected chi connectivity index (χ0v) is 13.6. The Morgan fingerprint density at radius 3 is 1.13 bits per heavy atom. The molecule has 0 aromatic heterocycles. The molecule has 4 aliphatic rings. The molecule has 8 nitrogen and oxygen atoms in total. The standard InChI is InChI=1S/2C6H10O3.C3H8O2/c2*1(5-3-8-5)7-2-6-4-9-6;1-3(5)2-4/h2*5-6H,1-4H2;3-5H,2H2,1H3. The van der Waals surface area contributed by atoms with Gasteiger partial charge in [0.15, 0.2) is 0 Å².